The summed E-state index contributed by atoms with van der Waals surface area (Å²) >= 11 is -0.826. The van der Waals surface area contributed by atoms with Crippen LogP contribution in [0.5, 0.6) is 0 Å². The molecule has 7 rings (SSSR count). The Kier molecular flexibility index (Phi) is 12.1. The zero-order valence-electron chi connectivity index (χ0n) is 23.4. The van der Waals surface area contributed by atoms with Crippen LogP contribution in [0.1, 0.15) is 11.1 Å². The molecule has 41 heavy (non-hydrogen) atoms. The third kappa shape index (κ3) is 8.60. The van der Waals surface area contributed by atoms with E-state index in [4.69, 9.17) is 17.0 Å². The Morgan fingerprint density at radius 2 is 1.22 bits per heavy atom. The minimum absolute atomic E-state index is 0.826. The summed E-state index contributed by atoms with van der Waals surface area (Å²) in [6.45, 7) is 6.46. The van der Waals surface area contributed by atoms with Gasteiger partial charge in [-0.1, -0.05) is 97.9 Å². The van der Waals surface area contributed by atoms with Crippen LogP contribution < -0.4 is 5.19 Å². The zero-order chi connectivity index (χ0) is 29.0. The molecule has 0 spiro atoms. The number of aryl methyl sites for hydroxylation is 2. The van der Waals surface area contributed by atoms with E-state index in [1.807, 2.05) is 18.3 Å². The molecule has 0 aliphatic rings. The number of aromatic nitrogens is 1. The summed E-state index contributed by atoms with van der Waals surface area (Å²) in [6, 6.07) is 44.8. The molecule has 0 saturated carbocycles. The zero-order valence-corrected chi connectivity index (χ0v) is 28.4. The van der Waals surface area contributed by atoms with E-state index in [-0.39, 0.29) is 0 Å². The predicted octanol–water partition coefficient (Wildman–Crippen LogP) is 10.4. The van der Waals surface area contributed by atoms with Crippen molar-refractivity contribution >= 4 is 64.2 Å². The summed E-state index contributed by atoms with van der Waals surface area (Å²) in [5.74, 6) is 0. The van der Waals surface area contributed by atoms with Crippen molar-refractivity contribution in [1.29, 1.82) is 0 Å². The second-order valence-electron chi connectivity index (χ2n) is 9.57. The van der Waals surface area contributed by atoms with Crippen molar-refractivity contribution < 1.29 is 20.8 Å². The van der Waals surface area contributed by atoms with Gasteiger partial charge in [0, 0.05) is 11.6 Å². The molecule has 1 aromatic heterocycles. The molecular formula is C36H31Cl2NSiZr. The van der Waals surface area contributed by atoms with Gasteiger partial charge in [0.1, 0.15) is 0 Å². The van der Waals surface area contributed by atoms with Gasteiger partial charge in [-0.25, -0.2) is 0 Å². The molecule has 202 valence electrons. The van der Waals surface area contributed by atoms with Crippen molar-refractivity contribution in [2.24, 2.45) is 0 Å². The Morgan fingerprint density at radius 3 is 1.95 bits per heavy atom. The van der Waals surface area contributed by atoms with Crippen LogP contribution in [0.2, 0.25) is 6.55 Å². The van der Waals surface area contributed by atoms with Crippen LogP contribution in [0.15, 0.2) is 134 Å². The van der Waals surface area contributed by atoms with Crippen LogP contribution in [0.3, 0.4) is 0 Å². The minimum atomic E-state index is -0.826. The maximum absolute atomic E-state index is 4.93. The van der Waals surface area contributed by atoms with E-state index in [0.29, 0.717) is 0 Å². The Hall–Kier alpha value is -2.81. The van der Waals surface area contributed by atoms with Gasteiger partial charge >= 0.3 is 37.9 Å². The average Bonchev–Trinajstić information content (AvgIpc) is 3.59. The first-order chi connectivity index (χ1) is 20.0. The molecule has 0 aliphatic heterocycles. The Labute approximate surface area is 264 Å². The molecule has 0 unspecified atom stereocenters. The average molecular weight is 668 g/mol. The fourth-order valence-corrected chi connectivity index (χ4v) is 5.38. The molecule has 0 amide bonds. The van der Waals surface area contributed by atoms with Crippen molar-refractivity contribution in [1.82, 2.24) is 4.98 Å². The number of pyridine rings is 1. The van der Waals surface area contributed by atoms with Crippen LogP contribution in [-0.4, -0.2) is 14.5 Å². The molecule has 1 nitrogen and oxygen atoms in total. The van der Waals surface area contributed by atoms with Crippen molar-refractivity contribution in [2.45, 2.75) is 20.4 Å². The molecular weight excluding hydrogens is 637 g/mol. The van der Waals surface area contributed by atoms with E-state index in [9.17, 15) is 0 Å². The number of nitrogens with zero attached hydrogens (tertiary/aromatic N) is 1. The summed E-state index contributed by atoms with van der Waals surface area (Å²) in [7, 11) is 10.8. The number of hydrogen-bond acceptors (Lipinski definition) is 1. The van der Waals surface area contributed by atoms with Gasteiger partial charge in [0.25, 0.3) is 0 Å². The standard InChI is InChI=1S/C19H14N.C10H9.C7H8Si.2ClH.Zr/c1-13-11-15-6-3-8-16(18(15)12-13)17-9-2-5-14-7-4-10-20-19(14)17;1-8-6-9-4-2-3-5-10(9)7-8;1-8-7-5-3-2-4-6-7;;;/h2-12H,1H3;2-7H,1H3;2-6H,1H3;2*1H;/q2*-1;;;;+4/p-2. The first-order valence-electron chi connectivity index (χ1n) is 13.4. The SMILES string of the molecule is C[Si]c1ccccc1.Cc1cc2c(-c3cccc4cccnc34)cccc2[cH-]1.Cc1cc2ccccc2[cH-]1.[Cl][Zr+2][Cl]. The molecule has 7 aromatic rings. The van der Waals surface area contributed by atoms with Crippen molar-refractivity contribution in [2.75, 3.05) is 0 Å². The number of para-hydroxylation sites is 1. The second kappa shape index (κ2) is 16.0. The normalized spacial score (nSPS) is 10.1. The summed E-state index contributed by atoms with van der Waals surface area (Å²) < 4.78 is 0. The summed E-state index contributed by atoms with van der Waals surface area (Å²) in [6.07, 6.45) is 1.86. The third-order valence-electron chi connectivity index (χ3n) is 6.64. The number of fused-ring (bicyclic) bond motifs is 3. The van der Waals surface area contributed by atoms with Crippen LogP contribution in [0, 0.1) is 13.8 Å². The fraction of sp³-hybridized carbons (Fsp3) is 0.0833. The van der Waals surface area contributed by atoms with E-state index in [1.165, 1.54) is 54.4 Å². The predicted molar refractivity (Wildman–Crippen MR) is 179 cm³/mol. The van der Waals surface area contributed by atoms with Gasteiger partial charge in [-0.3, -0.25) is 4.98 Å². The van der Waals surface area contributed by atoms with E-state index in [0.717, 1.165) is 15.0 Å². The van der Waals surface area contributed by atoms with E-state index in [1.54, 1.807) is 0 Å². The first-order valence-corrected chi connectivity index (χ1v) is 21.2. The monoisotopic (exact) mass is 665 g/mol. The number of benzene rings is 4. The van der Waals surface area contributed by atoms with Gasteiger partial charge in [-0.05, 0) is 11.6 Å². The molecule has 0 bridgehead atoms. The van der Waals surface area contributed by atoms with Crippen LogP contribution in [-0.2, 0) is 20.8 Å². The maximum atomic E-state index is 4.93. The third-order valence-corrected chi connectivity index (χ3v) is 7.55. The van der Waals surface area contributed by atoms with Crippen molar-refractivity contribution in [3.05, 3.63) is 145 Å². The van der Waals surface area contributed by atoms with Gasteiger partial charge < -0.3 is 0 Å². The molecule has 2 radical (unpaired) electrons. The Morgan fingerprint density at radius 1 is 0.634 bits per heavy atom. The number of rotatable bonds is 2. The van der Waals surface area contributed by atoms with Gasteiger partial charge in [0.15, 0.2) is 0 Å². The van der Waals surface area contributed by atoms with Gasteiger partial charge in [-0.15, -0.1) is 75.1 Å². The molecule has 1 heterocycles. The summed E-state index contributed by atoms with van der Waals surface area (Å²) in [5.41, 5.74) is 6.20. The molecule has 0 atom stereocenters. The molecule has 6 aromatic carbocycles. The van der Waals surface area contributed by atoms with Crippen LogP contribution in [0.25, 0.3) is 43.6 Å². The fourth-order valence-electron chi connectivity index (χ4n) is 4.85. The summed E-state index contributed by atoms with van der Waals surface area (Å²) in [4.78, 5) is 4.57. The number of hydrogen-bond donors (Lipinski definition) is 0. The van der Waals surface area contributed by atoms with E-state index >= 15 is 0 Å². The van der Waals surface area contributed by atoms with Gasteiger partial charge in [0.05, 0.1) is 15.0 Å². The van der Waals surface area contributed by atoms with Gasteiger partial charge in [-0.2, -0.15) is 12.1 Å². The first kappa shape index (κ1) is 31.1. The molecule has 5 heteroatoms. The van der Waals surface area contributed by atoms with Crippen molar-refractivity contribution in [3.8, 4) is 11.1 Å². The number of halogens is 2. The molecule has 0 N–H and O–H groups in total. The molecule has 0 aliphatic carbocycles. The van der Waals surface area contributed by atoms with Crippen LogP contribution in [0.4, 0.5) is 0 Å². The second-order valence-corrected chi connectivity index (χ2v) is 14.4. The Bertz CT molecular complexity index is 1770. The molecule has 0 saturated heterocycles. The topological polar surface area (TPSA) is 12.9 Å². The van der Waals surface area contributed by atoms with E-state index in [2.05, 4.69) is 141 Å². The van der Waals surface area contributed by atoms with Crippen molar-refractivity contribution in [3.63, 3.8) is 0 Å². The van der Waals surface area contributed by atoms with Gasteiger partial charge in [0.2, 0.25) is 0 Å². The Balaban J connectivity index is 0.000000154. The van der Waals surface area contributed by atoms with E-state index < -0.39 is 20.8 Å². The quantitative estimate of drug-likeness (QED) is 0.132. The summed E-state index contributed by atoms with van der Waals surface area (Å²) in [5, 5.41) is 7.92. The van der Waals surface area contributed by atoms with Crippen LogP contribution >= 0.6 is 17.0 Å². The molecule has 0 fully saturated rings.